The Bertz CT molecular complexity index is 840. The van der Waals surface area contributed by atoms with Crippen LogP contribution in [0, 0.1) is 0 Å². The maximum absolute atomic E-state index is 13.2. The Kier molecular flexibility index (Phi) is 6.36. The molecule has 142 valence electrons. The highest BCUT2D eigenvalue weighted by Crippen LogP contribution is 2.42. The lowest BCUT2D eigenvalue weighted by Crippen LogP contribution is -2.32. The molecule has 0 aliphatic carbocycles. The molecule has 2 amide bonds. The van der Waals surface area contributed by atoms with Crippen LogP contribution < -0.4 is 15.1 Å². The number of nitrogens with one attached hydrogen (secondary N) is 1. The minimum absolute atomic E-state index is 0.0294. The van der Waals surface area contributed by atoms with Crippen LogP contribution in [0.2, 0.25) is 0 Å². The number of hydroxylamine groups is 1. The third-order valence-corrected chi connectivity index (χ3v) is 5.59. The van der Waals surface area contributed by atoms with E-state index in [1.807, 2.05) is 42.5 Å². The number of hydrogen-bond acceptors (Lipinski definition) is 5. The fourth-order valence-corrected chi connectivity index (χ4v) is 4.10. The largest absolute Gasteiger partial charge is 0.497 e. The van der Waals surface area contributed by atoms with E-state index in [1.54, 1.807) is 29.3 Å². The van der Waals surface area contributed by atoms with Gasteiger partial charge in [0.1, 0.15) is 5.75 Å². The molecule has 6 nitrogen and oxygen atoms in total. The zero-order chi connectivity index (χ0) is 19.2. The van der Waals surface area contributed by atoms with Crippen LogP contribution in [0.3, 0.4) is 0 Å². The van der Waals surface area contributed by atoms with Gasteiger partial charge in [-0.3, -0.25) is 14.8 Å². The molecule has 0 aromatic heterocycles. The molecule has 3 rings (SSSR count). The van der Waals surface area contributed by atoms with E-state index in [9.17, 15) is 9.59 Å². The van der Waals surface area contributed by atoms with Crippen molar-refractivity contribution in [1.29, 1.82) is 0 Å². The van der Waals surface area contributed by atoms with Crippen LogP contribution >= 0.6 is 11.8 Å². The summed E-state index contributed by atoms with van der Waals surface area (Å²) in [6, 6.07) is 13.4. The predicted octanol–water partition coefficient (Wildman–Crippen LogP) is 3.87. The molecule has 0 unspecified atom stereocenters. The minimum atomic E-state index is -0.388. The van der Waals surface area contributed by atoms with E-state index in [0.29, 0.717) is 24.3 Å². The summed E-state index contributed by atoms with van der Waals surface area (Å²) in [4.78, 5) is 28.0. The number of rotatable bonds is 7. The normalized spacial score (nSPS) is 12.8. The molecular formula is C20H22N2O4S. The Morgan fingerprint density at radius 1 is 1.15 bits per heavy atom. The van der Waals surface area contributed by atoms with Crippen LogP contribution in [0.5, 0.6) is 5.75 Å². The van der Waals surface area contributed by atoms with Crippen LogP contribution in [-0.2, 0) is 4.79 Å². The second-order valence-corrected chi connectivity index (χ2v) is 7.32. The maximum atomic E-state index is 13.2. The number of anilines is 1. The molecule has 1 heterocycles. The van der Waals surface area contributed by atoms with Gasteiger partial charge >= 0.3 is 0 Å². The standard InChI is InChI=1S/C20H22N2O4S/c1-26-14-10-11-18-16(13-14)22(12-6-2-3-9-19(23)21-25)20(24)15-7-4-5-8-17(15)27-18/h4-5,7-8,10-11,13,25H,2-3,6,9,12H2,1H3,(H,21,23). The van der Waals surface area contributed by atoms with Gasteiger partial charge in [-0.2, -0.15) is 0 Å². The summed E-state index contributed by atoms with van der Waals surface area (Å²) >= 11 is 1.58. The van der Waals surface area contributed by atoms with Crippen molar-refractivity contribution in [2.45, 2.75) is 35.5 Å². The smallest absolute Gasteiger partial charge is 0.259 e. The van der Waals surface area contributed by atoms with Crippen LogP contribution in [-0.4, -0.2) is 30.7 Å². The molecule has 1 aliphatic heterocycles. The number of ether oxygens (including phenoxy) is 1. The molecule has 2 aromatic rings. The van der Waals surface area contributed by atoms with Crippen molar-refractivity contribution in [2.75, 3.05) is 18.6 Å². The first-order chi connectivity index (χ1) is 13.1. The zero-order valence-corrected chi connectivity index (χ0v) is 15.9. The highest BCUT2D eigenvalue weighted by atomic mass is 32.2. The third kappa shape index (κ3) is 4.43. The van der Waals surface area contributed by atoms with Crippen molar-refractivity contribution in [2.24, 2.45) is 0 Å². The van der Waals surface area contributed by atoms with Crippen molar-refractivity contribution in [3.8, 4) is 5.75 Å². The minimum Gasteiger partial charge on any atom is -0.497 e. The number of hydrogen-bond donors (Lipinski definition) is 2. The number of amides is 2. The van der Waals surface area contributed by atoms with E-state index >= 15 is 0 Å². The van der Waals surface area contributed by atoms with Crippen molar-refractivity contribution in [1.82, 2.24) is 5.48 Å². The van der Waals surface area contributed by atoms with Crippen LogP contribution in [0.4, 0.5) is 5.69 Å². The average molecular weight is 386 g/mol. The highest BCUT2D eigenvalue weighted by molar-refractivity contribution is 7.99. The first-order valence-corrected chi connectivity index (χ1v) is 9.65. The molecular weight excluding hydrogens is 364 g/mol. The zero-order valence-electron chi connectivity index (χ0n) is 15.1. The molecule has 0 fully saturated rings. The average Bonchev–Trinajstić information content (AvgIpc) is 2.81. The van der Waals surface area contributed by atoms with Crippen molar-refractivity contribution >= 4 is 29.3 Å². The first-order valence-electron chi connectivity index (χ1n) is 8.83. The van der Waals surface area contributed by atoms with E-state index in [2.05, 4.69) is 0 Å². The van der Waals surface area contributed by atoms with Gasteiger partial charge in [-0.1, -0.05) is 30.3 Å². The van der Waals surface area contributed by atoms with Gasteiger partial charge in [-0.05, 0) is 37.1 Å². The van der Waals surface area contributed by atoms with E-state index in [1.165, 1.54) is 0 Å². The number of carbonyl (C=O) groups is 2. The molecule has 0 bridgehead atoms. The number of unbranched alkanes of at least 4 members (excludes halogenated alkanes) is 2. The Labute approximate surface area is 162 Å². The second-order valence-electron chi connectivity index (χ2n) is 6.23. The fraction of sp³-hybridized carbons (Fsp3) is 0.300. The lowest BCUT2D eigenvalue weighted by atomic mass is 10.1. The van der Waals surface area contributed by atoms with Crippen molar-refractivity contribution in [3.05, 3.63) is 48.0 Å². The van der Waals surface area contributed by atoms with E-state index in [-0.39, 0.29) is 18.2 Å². The number of nitrogens with zero attached hydrogens (tertiary/aromatic N) is 1. The summed E-state index contributed by atoms with van der Waals surface area (Å²) in [6.07, 6.45) is 2.47. The summed E-state index contributed by atoms with van der Waals surface area (Å²) in [6.45, 7) is 0.550. The van der Waals surface area contributed by atoms with Crippen molar-refractivity contribution < 1.29 is 19.5 Å². The van der Waals surface area contributed by atoms with Gasteiger partial charge in [0.25, 0.3) is 5.91 Å². The third-order valence-electron chi connectivity index (χ3n) is 4.45. The van der Waals surface area contributed by atoms with E-state index in [0.717, 1.165) is 28.3 Å². The number of benzene rings is 2. The van der Waals surface area contributed by atoms with E-state index in [4.69, 9.17) is 9.94 Å². The van der Waals surface area contributed by atoms with Crippen LogP contribution in [0.1, 0.15) is 36.0 Å². The predicted molar refractivity (Wildman–Crippen MR) is 104 cm³/mol. The summed E-state index contributed by atoms with van der Waals surface area (Å²) < 4.78 is 5.35. The van der Waals surface area contributed by atoms with E-state index < -0.39 is 0 Å². The molecule has 0 spiro atoms. The molecule has 27 heavy (non-hydrogen) atoms. The molecule has 7 heteroatoms. The second kappa shape index (κ2) is 8.92. The van der Waals surface area contributed by atoms with Gasteiger partial charge in [0, 0.05) is 28.8 Å². The Hall–Kier alpha value is -2.51. The van der Waals surface area contributed by atoms with Crippen molar-refractivity contribution in [3.63, 3.8) is 0 Å². The Morgan fingerprint density at radius 3 is 2.74 bits per heavy atom. The van der Waals surface area contributed by atoms with Gasteiger partial charge in [-0.15, -0.1) is 0 Å². The quantitative estimate of drug-likeness (QED) is 0.429. The molecule has 0 saturated heterocycles. The maximum Gasteiger partial charge on any atom is 0.259 e. The summed E-state index contributed by atoms with van der Waals surface area (Å²) in [7, 11) is 1.61. The Balaban J connectivity index is 1.82. The molecule has 2 aromatic carbocycles. The molecule has 0 saturated carbocycles. The monoisotopic (exact) mass is 386 g/mol. The summed E-state index contributed by atoms with van der Waals surface area (Å²) in [5, 5.41) is 8.55. The molecule has 2 N–H and O–H groups in total. The van der Waals surface area contributed by atoms with Gasteiger partial charge in [0.2, 0.25) is 5.91 Å². The molecule has 0 atom stereocenters. The highest BCUT2D eigenvalue weighted by Gasteiger charge is 2.27. The lowest BCUT2D eigenvalue weighted by Gasteiger charge is -2.23. The van der Waals surface area contributed by atoms with Gasteiger partial charge in [0.05, 0.1) is 18.4 Å². The summed E-state index contributed by atoms with van der Waals surface area (Å²) in [5.74, 6) is 0.289. The topological polar surface area (TPSA) is 78.9 Å². The van der Waals surface area contributed by atoms with Gasteiger partial charge < -0.3 is 9.64 Å². The first kappa shape index (κ1) is 19.3. The SMILES string of the molecule is COc1ccc2c(c1)N(CCCCCC(=O)NO)C(=O)c1ccccc1S2. The fourth-order valence-electron chi connectivity index (χ4n) is 3.04. The lowest BCUT2D eigenvalue weighted by molar-refractivity contribution is -0.129. The molecule has 0 radical (unpaired) electrons. The number of methoxy groups -OCH3 is 1. The van der Waals surface area contributed by atoms with Crippen LogP contribution in [0.25, 0.3) is 0 Å². The Morgan fingerprint density at radius 2 is 1.96 bits per heavy atom. The summed E-state index contributed by atoms with van der Waals surface area (Å²) in [5.41, 5.74) is 3.17. The van der Waals surface area contributed by atoms with Gasteiger partial charge in [-0.25, -0.2) is 5.48 Å². The molecule has 1 aliphatic rings. The number of fused-ring (bicyclic) bond motifs is 2. The van der Waals surface area contributed by atoms with Crippen LogP contribution in [0.15, 0.2) is 52.3 Å². The number of carbonyl (C=O) groups excluding carboxylic acids is 2. The van der Waals surface area contributed by atoms with Gasteiger partial charge in [0.15, 0.2) is 0 Å².